The predicted molar refractivity (Wildman–Crippen MR) is 87.2 cm³/mol. The Bertz CT molecular complexity index is 909. The van der Waals surface area contributed by atoms with Crippen molar-refractivity contribution in [2.45, 2.75) is 25.7 Å². The first-order chi connectivity index (χ1) is 12.5. The molecule has 1 fully saturated rings. The van der Waals surface area contributed by atoms with Crippen molar-refractivity contribution in [3.05, 3.63) is 46.8 Å². The molecule has 1 aromatic heterocycles. The molecule has 2 aromatic rings. The van der Waals surface area contributed by atoms with Crippen LogP contribution in [-0.2, 0) is 17.6 Å². The average molecular weight is 361 g/mol. The summed E-state index contributed by atoms with van der Waals surface area (Å²) in [5.74, 6) is -3.67. The molecule has 1 unspecified atom stereocenters. The van der Waals surface area contributed by atoms with Crippen LogP contribution in [0.1, 0.15) is 34.6 Å². The van der Waals surface area contributed by atoms with Crippen molar-refractivity contribution in [1.82, 2.24) is 14.7 Å². The number of carboxylic acid groups (broad SMARTS) is 1. The van der Waals surface area contributed by atoms with Gasteiger partial charge in [0.05, 0.1) is 11.6 Å². The van der Waals surface area contributed by atoms with Crippen LogP contribution in [0.4, 0.5) is 8.78 Å². The van der Waals surface area contributed by atoms with Crippen molar-refractivity contribution in [2.24, 2.45) is 5.92 Å². The van der Waals surface area contributed by atoms with E-state index < -0.39 is 23.5 Å². The van der Waals surface area contributed by atoms with E-state index in [4.69, 9.17) is 5.11 Å². The normalized spacial score (nSPS) is 19.0. The quantitative estimate of drug-likeness (QED) is 0.909. The molecule has 0 radical (unpaired) electrons. The molecule has 1 aromatic carbocycles. The molecule has 1 aliphatic carbocycles. The van der Waals surface area contributed by atoms with Crippen molar-refractivity contribution in [2.75, 3.05) is 13.1 Å². The van der Waals surface area contributed by atoms with Crippen molar-refractivity contribution in [3.8, 4) is 5.69 Å². The van der Waals surface area contributed by atoms with Gasteiger partial charge in [-0.1, -0.05) is 0 Å². The van der Waals surface area contributed by atoms with Crippen molar-refractivity contribution >= 4 is 11.9 Å². The zero-order chi connectivity index (χ0) is 18.4. The van der Waals surface area contributed by atoms with Gasteiger partial charge in [0.1, 0.15) is 0 Å². The van der Waals surface area contributed by atoms with E-state index >= 15 is 0 Å². The number of hydrogen-bond donors (Lipinski definition) is 1. The molecule has 1 aliphatic heterocycles. The van der Waals surface area contributed by atoms with E-state index in [-0.39, 0.29) is 18.1 Å². The fraction of sp³-hybridized carbons (Fsp3) is 0.389. The zero-order valence-electron chi connectivity index (χ0n) is 13.9. The molecular formula is C18H17F2N3O3. The highest BCUT2D eigenvalue weighted by molar-refractivity contribution is 5.95. The summed E-state index contributed by atoms with van der Waals surface area (Å²) in [7, 11) is 0. The molecule has 1 atom stereocenters. The van der Waals surface area contributed by atoms with E-state index in [1.807, 2.05) is 0 Å². The van der Waals surface area contributed by atoms with Crippen LogP contribution in [-0.4, -0.2) is 44.8 Å². The summed E-state index contributed by atoms with van der Waals surface area (Å²) in [4.78, 5) is 25.5. The molecule has 4 rings (SSSR count). The van der Waals surface area contributed by atoms with E-state index in [0.717, 1.165) is 29.8 Å². The number of rotatable bonds is 3. The molecule has 0 bridgehead atoms. The highest BCUT2D eigenvalue weighted by Crippen LogP contribution is 2.30. The SMILES string of the molecule is O=C(O)C1CCN(C(=O)c2nn(-c3ccc(F)c(F)c3)c3c2CCC3)C1. The Kier molecular flexibility index (Phi) is 3.97. The zero-order valence-corrected chi connectivity index (χ0v) is 13.9. The summed E-state index contributed by atoms with van der Waals surface area (Å²) in [6.45, 7) is 0.545. The largest absolute Gasteiger partial charge is 0.481 e. The molecular weight excluding hydrogens is 344 g/mol. The van der Waals surface area contributed by atoms with Gasteiger partial charge in [0.15, 0.2) is 17.3 Å². The molecule has 1 N–H and O–H groups in total. The Labute approximate surface area is 148 Å². The first-order valence-electron chi connectivity index (χ1n) is 8.54. The van der Waals surface area contributed by atoms with E-state index in [0.29, 0.717) is 31.5 Å². The first kappa shape index (κ1) is 16.7. The highest BCUT2D eigenvalue weighted by atomic mass is 19.2. The first-order valence-corrected chi connectivity index (χ1v) is 8.54. The van der Waals surface area contributed by atoms with Gasteiger partial charge >= 0.3 is 5.97 Å². The molecule has 8 heteroatoms. The van der Waals surface area contributed by atoms with E-state index in [9.17, 15) is 18.4 Å². The lowest BCUT2D eigenvalue weighted by Gasteiger charge is -2.14. The lowest BCUT2D eigenvalue weighted by molar-refractivity contribution is -0.141. The van der Waals surface area contributed by atoms with Gasteiger partial charge < -0.3 is 10.0 Å². The minimum atomic E-state index is -0.971. The Morgan fingerprint density at radius 2 is 2.00 bits per heavy atom. The van der Waals surface area contributed by atoms with E-state index in [2.05, 4.69) is 5.10 Å². The summed E-state index contributed by atoms with van der Waals surface area (Å²) < 4.78 is 28.3. The monoisotopic (exact) mass is 361 g/mol. The number of halogens is 2. The smallest absolute Gasteiger partial charge is 0.308 e. The molecule has 0 spiro atoms. The maximum absolute atomic E-state index is 13.6. The number of carbonyl (C=O) groups excluding carboxylic acids is 1. The van der Waals surface area contributed by atoms with Crippen LogP contribution >= 0.6 is 0 Å². The minimum Gasteiger partial charge on any atom is -0.481 e. The fourth-order valence-corrected chi connectivity index (χ4v) is 3.74. The number of nitrogens with zero attached hydrogens (tertiary/aromatic N) is 3. The van der Waals surface area contributed by atoms with Crippen LogP contribution < -0.4 is 0 Å². The predicted octanol–water partition coefficient (Wildman–Crippen LogP) is 2.19. The van der Waals surface area contributed by atoms with Crippen LogP contribution in [0.5, 0.6) is 0 Å². The third-order valence-corrected chi connectivity index (χ3v) is 5.11. The second kappa shape index (κ2) is 6.19. The number of hydrogen-bond acceptors (Lipinski definition) is 3. The van der Waals surface area contributed by atoms with Crippen LogP contribution in [0.2, 0.25) is 0 Å². The van der Waals surface area contributed by atoms with Crippen molar-refractivity contribution in [1.29, 1.82) is 0 Å². The second-order valence-electron chi connectivity index (χ2n) is 6.71. The summed E-state index contributed by atoms with van der Waals surface area (Å²) in [6, 6.07) is 3.52. The number of fused-ring (bicyclic) bond motifs is 1. The van der Waals surface area contributed by atoms with E-state index in [1.54, 1.807) is 0 Å². The number of benzene rings is 1. The third kappa shape index (κ3) is 2.65. The molecule has 2 heterocycles. The summed E-state index contributed by atoms with van der Waals surface area (Å²) in [5.41, 5.74) is 2.30. The van der Waals surface area contributed by atoms with Crippen LogP contribution in [0.25, 0.3) is 5.69 Å². The lowest BCUT2D eigenvalue weighted by Crippen LogP contribution is -2.31. The van der Waals surface area contributed by atoms with E-state index in [1.165, 1.54) is 15.6 Å². The maximum Gasteiger partial charge on any atom is 0.308 e. The van der Waals surface area contributed by atoms with Gasteiger partial charge in [-0.2, -0.15) is 5.10 Å². The van der Waals surface area contributed by atoms with Gasteiger partial charge in [-0.05, 0) is 37.8 Å². The van der Waals surface area contributed by atoms with Gasteiger partial charge in [0.25, 0.3) is 5.91 Å². The topological polar surface area (TPSA) is 75.4 Å². The standard InChI is InChI=1S/C18H17F2N3O3/c19-13-5-4-11(8-14(13)20)23-15-3-1-2-12(15)16(21-23)17(24)22-7-6-10(9-22)18(25)26/h4-5,8,10H,1-3,6-7,9H2,(H,25,26). The number of likely N-dealkylation sites (tertiary alicyclic amines) is 1. The summed E-state index contributed by atoms with van der Waals surface area (Å²) in [5, 5.41) is 13.5. The number of carbonyl (C=O) groups is 2. The molecule has 0 saturated carbocycles. The number of aliphatic carboxylic acids is 1. The van der Waals surface area contributed by atoms with Crippen LogP contribution in [0.15, 0.2) is 18.2 Å². The highest BCUT2D eigenvalue weighted by Gasteiger charge is 2.35. The van der Waals surface area contributed by atoms with Gasteiger partial charge in [0.2, 0.25) is 0 Å². The lowest BCUT2D eigenvalue weighted by atomic mass is 10.1. The van der Waals surface area contributed by atoms with Crippen LogP contribution in [0, 0.1) is 17.6 Å². The van der Waals surface area contributed by atoms with Gasteiger partial charge in [-0.15, -0.1) is 0 Å². The molecule has 26 heavy (non-hydrogen) atoms. The third-order valence-electron chi connectivity index (χ3n) is 5.11. The molecule has 1 saturated heterocycles. The minimum absolute atomic E-state index is 0.168. The van der Waals surface area contributed by atoms with Crippen LogP contribution in [0.3, 0.4) is 0 Å². The summed E-state index contributed by atoms with van der Waals surface area (Å²) in [6.07, 6.45) is 2.67. The fourth-order valence-electron chi connectivity index (χ4n) is 3.74. The van der Waals surface area contributed by atoms with Crippen molar-refractivity contribution in [3.63, 3.8) is 0 Å². The molecule has 136 valence electrons. The Morgan fingerprint density at radius 3 is 2.69 bits per heavy atom. The molecule has 1 amide bonds. The Morgan fingerprint density at radius 1 is 1.19 bits per heavy atom. The average Bonchev–Trinajstić information content (AvgIpc) is 3.32. The maximum atomic E-state index is 13.6. The summed E-state index contributed by atoms with van der Waals surface area (Å²) >= 11 is 0. The van der Waals surface area contributed by atoms with Gasteiger partial charge in [-0.25, -0.2) is 13.5 Å². The van der Waals surface area contributed by atoms with Gasteiger partial charge in [0, 0.05) is 30.4 Å². The molecule has 2 aliphatic rings. The Balaban J connectivity index is 1.69. The van der Waals surface area contributed by atoms with Crippen molar-refractivity contribution < 1.29 is 23.5 Å². The number of carboxylic acids is 1. The Hall–Kier alpha value is -2.77. The second-order valence-corrected chi connectivity index (χ2v) is 6.71. The molecule has 6 nitrogen and oxygen atoms in total. The number of amides is 1. The number of aromatic nitrogens is 2. The van der Waals surface area contributed by atoms with Gasteiger partial charge in [-0.3, -0.25) is 9.59 Å².